The van der Waals surface area contributed by atoms with E-state index in [0.29, 0.717) is 24.6 Å². The topological polar surface area (TPSA) is 82.1 Å². The molecule has 24 heavy (non-hydrogen) atoms. The van der Waals surface area contributed by atoms with Crippen molar-refractivity contribution >= 4 is 18.2 Å². The summed E-state index contributed by atoms with van der Waals surface area (Å²) in [7, 11) is -1.31. The molecule has 0 aromatic carbocycles. The Morgan fingerprint density at radius 3 is 2.79 bits per heavy atom. The summed E-state index contributed by atoms with van der Waals surface area (Å²) in [4.78, 5) is 4.40. The first kappa shape index (κ1) is 16.5. The van der Waals surface area contributed by atoms with Crippen LogP contribution in [0.4, 0.5) is 0 Å². The minimum Gasteiger partial charge on any atom is -0.427 e. The fourth-order valence-corrected chi connectivity index (χ4v) is 3.08. The van der Waals surface area contributed by atoms with Crippen LogP contribution in [0.15, 0.2) is 42.0 Å². The van der Waals surface area contributed by atoms with E-state index in [1.807, 2.05) is 24.3 Å². The quantitative estimate of drug-likeness (QED) is 0.848. The Bertz CT molecular complexity index is 859. The molecule has 0 saturated heterocycles. The zero-order chi connectivity index (χ0) is 17.3. The van der Waals surface area contributed by atoms with Gasteiger partial charge in [0.1, 0.15) is 11.8 Å². The van der Waals surface area contributed by atoms with Gasteiger partial charge in [-0.1, -0.05) is 32.1 Å². The summed E-state index contributed by atoms with van der Waals surface area (Å²) in [5, 5.41) is 27.6. The van der Waals surface area contributed by atoms with Crippen LogP contribution in [0.25, 0.3) is 11.0 Å². The Balaban J connectivity index is 1.96. The molecule has 1 aliphatic carbocycles. The molecule has 2 N–H and O–H groups in total. The number of nitriles is 1. The van der Waals surface area contributed by atoms with Gasteiger partial charge in [-0.25, -0.2) is 4.98 Å². The van der Waals surface area contributed by atoms with Crippen LogP contribution in [-0.4, -0.2) is 26.7 Å². The van der Waals surface area contributed by atoms with Crippen molar-refractivity contribution in [2.45, 2.75) is 38.5 Å². The van der Waals surface area contributed by atoms with Gasteiger partial charge in [0, 0.05) is 18.1 Å². The van der Waals surface area contributed by atoms with Gasteiger partial charge >= 0.3 is 7.12 Å². The highest BCUT2D eigenvalue weighted by molar-refractivity contribution is 6.44. The second-order valence-corrected chi connectivity index (χ2v) is 6.47. The van der Waals surface area contributed by atoms with Crippen LogP contribution >= 0.6 is 0 Å². The van der Waals surface area contributed by atoms with E-state index in [-0.39, 0.29) is 5.82 Å². The molecule has 2 aromatic rings. The maximum atomic E-state index is 9.26. The molecule has 122 valence electrons. The highest BCUT2D eigenvalue weighted by Gasteiger charge is 2.22. The van der Waals surface area contributed by atoms with Gasteiger partial charge in [0.05, 0.1) is 11.0 Å². The molecule has 6 heteroatoms. The van der Waals surface area contributed by atoms with E-state index in [4.69, 9.17) is 5.26 Å². The second-order valence-electron chi connectivity index (χ2n) is 6.47. The predicted octanol–water partition coefficient (Wildman–Crippen LogP) is 2.76. The molecule has 0 amide bonds. The molecular weight excluding hydrogens is 301 g/mol. The summed E-state index contributed by atoms with van der Waals surface area (Å²) in [6.07, 6.45) is 6.49. The smallest absolute Gasteiger partial charge is 0.427 e. The van der Waals surface area contributed by atoms with E-state index in [0.717, 1.165) is 16.6 Å². The third-order valence-electron chi connectivity index (χ3n) is 4.43. The molecular formula is C18H20BN3O2. The maximum Gasteiger partial charge on any atom is 0.459 e. The summed E-state index contributed by atoms with van der Waals surface area (Å²) >= 11 is 0. The fraction of sp³-hybridized carbons (Fsp3) is 0.333. The molecule has 0 fully saturated rings. The summed E-state index contributed by atoms with van der Waals surface area (Å²) < 4.78 is 2.22. The van der Waals surface area contributed by atoms with Gasteiger partial charge in [-0.2, -0.15) is 5.26 Å². The van der Waals surface area contributed by atoms with E-state index in [1.54, 1.807) is 6.07 Å². The van der Waals surface area contributed by atoms with Crippen molar-refractivity contribution < 1.29 is 10.0 Å². The van der Waals surface area contributed by atoms with Gasteiger partial charge in [-0.05, 0) is 36.1 Å². The van der Waals surface area contributed by atoms with E-state index < -0.39 is 7.12 Å². The number of fused-ring (bicyclic) bond motifs is 1. The average molecular weight is 321 g/mol. The summed E-state index contributed by atoms with van der Waals surface area (Å²) in [6.45, 7) is 4.98. The zero-order valence-electron chi connectivity index (χ0n) is 13.8. The van der Waals surface area contributed by atoms with Crippen LogP contribution < -0.4 is 0 Å². The van der Waals surface area contributed by atoms with Crippen molar-refractivity contribution in [3.63, 3.8) is 0 Å². The number of aromatic nitrogens is 2. The lowest BCUT2D eigenvalue weighted by molar-refractivity contribution is 0.394. The Morgan fingerprint density at radius 2 is 2.21 bits per heavy atom. The van der Waals surface area contributed by atoms with Gasteiger partial charge < -0.3 is 14.6 Å². The van der Waals surface area contributed by atoms with Crippen LogP contribution in [0.1, 0.15) is 37.6 Å². The van der Waals surface area contributed by atoms with Crippen molar-refractivity contribution in [3.8, 4) is 6.07 Å². The fourth-order valence-electron chi connectivity index (χ4n) is 3.08. The molecule has 0 radical (unpaired) electrons. The Morgan fingerprint density at radius 1 is 1.42 bits per heavy atom. The van der Waals surface area contributed by atoms with Crippen LogP contribution in [0, 0.1) is 11.3 Å². The Hall–Kier alpha value is -2.36. The molecule has 0 saturated carbocycles. The number of pyridine rings is 1. The molecule has 3 rings (SSSR count). The molecule has 5 nitrogen and oxygen atoms in total. The van der Waals surface area contributed by atoms with E-state index in [2.05, 4.69) is 35.5 Å². The third-order valence-corrected chi connectivity index (χ3v) is 4.43. The first-order chi connectivity index (χ1) is 11.5. The van der Waals surface area contributed by atoms with Crippen molar-refractivity contribution in [1.82, 2.24) is 9.55 Å². The van der Waals surface area contributed by atoms with Crippen LogP contribution in [0.2, 0.25) is 5.82 Å². The van der Waals surface area contributed by atoms with Crippen molar-refractivity contribution in [3.05, 3.63) is 53.4 Å². The minimum atomic E-state index is -1.31. The highest BCUT2D eigenvalue weighted by Crippen LogP contribution is 2.28. The number of hydrogen-bond donors (Lipinski definition) is 2. The molecule has 0 aliphatic heterocycles. The molecule has 2 heterocycles. The first-order valence-electron chi connectivity index (χ1n) is 8.13. The van der Waals surface area contributed by atoms with Crippen molar-refractivity contribution in [2.24, 2.45) is 0 Å². The lowest BCUT2D eigenvalue weighted by Gasteiger charge is -2.18. The largest absolute Gasteiger partial charge is 0.459 e. The molecule has 2 aromatic heterocycles. The van der Waals surface area contributed by atoms with Crippen LogP contribution in [0.3, 0.4) is 0 Å². The molecule has 0 bridgehead atoms. The minimum absolute atomic E-state index is 0.237. The Labute approximate surface area is 141 Å². The van der Waals surface area contributed by atoms with E-state index in [1.165, 1.54) is 5.69 Å². The molecule has 1 atom stereocenters. The molecule has 1 aliphatic rings. The van der Waals surface area contributed by atoms with Gasteiger partial charge in [-0.15, -0.1) is 0 Å². The predicted molar refractivity (Wildman–Crippen MR) is 94.3 cm³/mol. The lowest BCUT2D eigenvalue weighted by Crippen LogP contribution is -2.19. The Kier molecular flexibility index (Phi) is 4.56. The second kappa shape index (κ2) is 6.64. The first-order valence-corrected chi connectivity index (χ1v) is 8.13. The summed E-state index contributed by atoms with van der Waals surface area (Å²) in [6, 6.07) is 7.82. The number of allylic oxidation sites excluding steroid dienone is 4. The number of nitrogens with zero attached hydrogens (tertiary/aromatic N) is 3. The standard InChI is InChI=1S/C18H20BN3O2/c1-12(2)18-9-16-17(8-7-15(10-20)21-16)22(18)11-13-3-5-14(6-4-13)19(23)24/h3-5,7-9,12,14,23-24H,6,11H2,1-2H3. The van der Waals surface area contributed by atoms with E-state index >= 15 is 0 Å². The third kappa shape index (κ3) is 3.14. The average Bonchev–Trinajstić information content (AvgIpc) is 2.93. The van der Waals surface area contributed by atoms with Gasteiger partial charge in [-0.3, -0.25) is 0 Å². The summed E-state index contributed by atoms with van der Waals surface area (Å²) in [5.41, 5.74) is 4.58. The monoisotopic (exact) mass is 321 g/mol. The normalized spacial score (nSPS) is 17.2. The van der Waals surface area contributed by atoms with Gasteiger partial charge in [0.25, 0.3) is 0 Å². The zero-order valence-corrected chi connectivity index (χ0v) is 13.8. The molecule has 0 spiro atoms. The SMILES string of the molecule is CC(C)c1cc2nc(C#N)ccc2n1CC1=CCC(B(O)O)C=C1. The number of rotatable bonds is 4. The number of hydrogen-bond acceptors (Lipinski definition) is 4. The maximum absolute atomic E-state index is 9.26. The van der Waals surface area contributed by atoms with E-state index in [9.17, 15) is 10.0 Å². The van der Waals surface area contributed by atoms with Crippen molar-refractivity contribution in [1.29, 1.82) is 5.26 Å². The highest BCUT2D eigenvalue weighted by atomic mass is 16.4. The lowest BCUT2D eigenvalue weighted by atomic mass is 9.69. The van der Waals surface area contributed by atoms with Crippen molar-refractivity contribution in [2.75, 3.05) is 0 Å². The van der Waals surface area contributed by atoms with Gasteiger partial charge in [0.15, 0.2) is 0 Å². The van der Waals surface area contributed by atoms with Crippen LogP contribution in [-0.2, 0) is 6.54 Å². The molecule has 1 unspecified atom stereocenters. The summed E-state index contributed by atoms with van der Waals surface area (Å²) in [5.74, 6) is 0.101. The van der Waals surface area contributed by atoms with Gasteiger partial charge in [0.2, 0.25) is 0 Å². The van der Waals surface area contributed by atoms with Crippen LogP contribution in [0.5, 0.6) is 0 Å².